The van der Waals surface area contributed by atoms with Crippen LogP contribution in [0.25, 0.3) is 0 Å². The smallest absolute Gasteiger partial charge is 0.305 e. The predicted octanol–water partition coefficient (Wildman–Crippen LogP) is 2.09. The molecule has 1 aliphatic rings. The third-order valence-corrected chi connectivity index (χ3v) is 2.92. The highest BCUT2D eigenvalue weighted by molar-refractivity contribution is 5.68. The molecule has 84 valence electrons. The van der Waals surface area contributed by atoms with E-state index in [-0.39, 0.29) is 17.9 Å². The van der Waals surface area contributed by atoms with E-state index in [2.05, 4.69) is 19.9 Å². The summed E-state index contributed by atoms with van der Waals surface area (Å²) in [7, 11) is 0. The van der Waals surface area contributed by atoms with Gasteiger partial charge in [-0.05, 0) is 24.3 Å². The van der Waals surface area contributed by atoms with Crippen molar-refractivity contribution in [2.24, 2.45) is 11.1 Å². The molecule has 0 aromatic heterocycles. The normalized spacial score (nSPS) is 21.6. The molecule has 0 fully saturated rings. The van der Waals surface area contributed by atoms with Gasteiger partial charge in [0.15, 0.2) is 0 Å². The summed E-state index contributed by atoms with van der Waals surface area (Å²) in [5.41, 5.74) is 8.11. The molecule has 0 spiro atoms. The molecule has 0 bridgehead atoms. The second-order valence-electron chi connectivity index (χ2n) is 4.79. The first-order valence-corrected chi connectivity index (χ1v) is 5.20. The number of rotatable bonds is 3. The summed E-state index contributed by atoms with van der Waals surface area (Å²) in [4.78, 5) is 10.6. The Hall–Kier alpha value is -1.09. The van der Waals surface area contributed by atoms with E-state index < -0.39 is 5.97 Å². The van der Waals surface area contributed by atoms with Crippen molar-refractivity contribution in [1.82, 2.24) is 0 Å². The minimum absolute atomic E-state index is 0.00391. The lowest BCUT2D eigenvalue weighted by molar-refractivity contribution is -0.137. The van der Waals surface area contributed by atoms with E-state index in [1.807, 2.05) is 13.0 Å². The zero-order chi connectivity index (χ0) is 11.6. The van der Waals surface area contributed by atoms with Gasteiger partial charge in [-0.2, -0.15) is 0 Å². The molecule has 0 aromatic rings. The summed E-state index contributed by atoms with van der Waals surface area (Å²) in [6, 6.07) is -0.373. The maximum atomic E-state index is 10.6. The van der Waals surface area contributed by atoms with E-state index in [4.69, 9.17) is 10.8 Å². The van der Waals surface area contributed by atoms with Crippen molar-refractivity contribution in [3.05, 3.63) is 23.3 Å². The molecular weight excluding hydrogens is 190 g/mol. The number of carboxylic acid groups (broad SMARTS) is 1. The molecule has 0 saturated heterocycles. The van der Waals surface area contributed by atoms with Gasteiger partial charge in [-0.15, -0.1) is 0 Å². The van der Waals surface area contributed by atoms with E-state index in [0.29, 0.717) is 0 Å². The zero-order valence-corrected chi connectivity index (χ0v) is 9.58. The van der Waals surface area contributed by atoms with Crippen LogP contribution >= 0.6 is 0 Å². The number of carboxylic acids is 1. The van der Waals surface area contributed by atoms with Crippen molar-refractivity contribution in [1.29, 1.82) is 0 Å². The van der Waals surface area contributed by atoms with Crippen LogP contribution in [0.5, 0.6) is 0 Å². The van der Waals surface area contributed by atoms with Crippen LogP contribution in [0.15, 0.2) is 23.3 Å². The maximum absolute atomic E-state index is 10.6. The minimum atomic E-state index is -0.840. The van der Waals surface area contributed by atoms with E-state index in [1.165, 1.54) is 0 Å². The summed E-state index contributed by atoms with van der Waals surface area (Å²) >= 11 is 0. The van der Waals surface area contributed by atoms with Gasteiger partial charge in [0.1, 0.15) is 0 Å². The molecule has 1 rings (SSSR count). The van der Waals surface area contributed by atoms with Crippen molar-refractivity contribution in [3.63, 3.8) is 0 Å². The second kappa shape index (κ2) is 4.19. The average molecular weight is 209 g/mol. The number of allylic oxidation sites excluding steroid dienone is 3. The molecule has 0 amide bonds. The van der Waals surface area contributed by atoms with Crippen molar-refractivity contribution < 1.29 is 9.90 Å². The Morgan fingerprint density at radius 3 is 2.73 bits per heavy atom. The fraction of sp³-hybridized carbons (Fsp3) is 0.583. The first-order chi connectivity index (χ1) is 6.84. The Morgan fingerprint density at radius 1 is 1.67 bits per heavy atom. The molecular formula is C12H19NO2. The van der Waals surface area contributed by atoms with Crippen LogP contribution in [0.4, 0.5) is 0 Å². The van der Waals surface area contributed by atoms with Gasteiger partial charge in [-0.3, -0.25) is 4.79 Å². The molecule has 1 unspecified atom stereocenters. The Kier molecular flexibility index (Phi) is 3.35. The molecule has 3 heteroatoms. The van der Waals surface area contributed by atoms with E-state index in [9.17, 15) is 4.79 Å². The fourth-order valence-corrected chi connectivity index (χ4v) is 2.35. The van der Waals surface area contributed by atoms with Gasteiger partial charge in [0.25, 0.3) is 0 Å². The number of aliphatic carboxylic acids is 1. The fourth-order valence-electron chi connectivity index (χ4n) is 2.35. The lowest BCUT2D eigenvalue weighted by Crippen LogP contribution is -2.35. The van der Waals surface area contributed by atoms with Crippen LogP contribution < -0.4 is 5.73 Å². The zero-order valence-electron chi connectivity index (χ0n) is 9.58. The molecule has 0 aromatic carbocycles. The van der Waals surface area contributed by atoms with Crippen LogP contribution in [0.3, 0.4) is 0 Å². The lowest BCUT2D eigenvalue weighted by atomic mass is 9.72. The van der Waals surface area contributed by atoms with Crippen molar-refractivity contribution >= 4 is 5.97 Å². The first-order valence-electron chi connectivity index (χ1n) is 5.20. The molecule has 0 aliphatic heterocycles. The summed E-state index contributed by atoms with van der Waals surface area (Å²) < 4.78 is 0. The Balaban J connectivity index is 2.98. The Labute approximate surface area is 90.7 Å². The number of nitrogens with two attached hydrogens (primary N) is 1. The molecule has 0 heterocycles. The number of hydrogen-bond donors (Lipinski definition) is 2. The summed E-state index contributed by atoms with van der Waals surface area (Å²) in [5.74, 6) is -0.840. The average Bonchev–Trinajstić information content (AvgIpc) is 1.99. The van der Waals surface area contributed by atoms with Gasteiger partial charge in [0.2, 0.25) is 0 Å². The van der Waals surface area contributed by atoms with Crippen LogP contribution in [-0.4, -0.2) is 17.1 Å². The lowest BCUT2D eigenvalue weighted by Gasteiger charge is -2.34. The summed E-state index contributed by atoms with van der Waals surface area (Å²) in [5, 5.41) is 8.75. The molecule has 1 atom stereocenters. The van der Waals surface area contributed by atoms with E-state index >= 15 is 0 Å². The SMILES string of the molecule is CC1=C(C(N)CC(=O)O)C(C)(C)CC=C1. The van der Waals surface area contributed by atoms with Crippen LogP contribution in [-0.2, 0) is 4.79 Å². The highest BCUT2D eigenvalue weighted by atomic mass is 16.4. The van der Waals surface area contributed by atoms with Crippen molar-refractivity contribution in [2.45, 2.75) is 39.7 Å². The topological polar surface area (TPSA) is 63.3 Å². The van der Waals surface area contributed by atoms with Gasteiger partial charge in [0, 0.05) is 6.04 Å². The molecule has 3 N–H and O–H groups in total. The van der Waals surface area contributed by atoms with Crippen LogP contribution in [0.1, 0.15) is 33.6 Å². The van der Waals surface area contributed by atoms with Gasteiger partial charge in [-0.1, -0.05) is 31.6 Å². The van der Waals surface area contributed by atoms with Gasteiger partial charge < -0.3 is 10.8 Å². The Bertz CT molecular complexity index is 327. The maximum Gasteiger partial charge on any atom is 0.305 e. The highest BCUT2D eigenvalue weighted by Crippen LogP contribution is 2.38. The molecule has 0 radical (unpaired) electrons. The molecule has 15 heavy (non-hydrogen) atoms. The first kappa shape index (κ1) is 12.0. The third-order valence-electron chi connectivity index (χ3n) is 2.92. The largest absolute Gasteiger partial charge is 0.481 e. The number of hydrogen-bond acceptors (Lipinski definition) is 2. The standard InChI is InChI=1S/C12H19NO2/c1-8-5-4-6-12(2,3)11(8)9(13)7-10(14)15/h4-5,9H,6-7,13H2,1-3H3,(H,14,15). The minimum Gasteiger partial charge on any atom is -0.481 e. The molecule has 3 nitrogen and oxygen atoms in total. The monoisotopic (exact) mass is 209 g/mol. The van der Waals surface area contributed by atoms with Gasteiger partial charge in [0.05, 0.1) is 6.42 Å². The van der Waals surface area contributed by atoms with Gasteiger partial charge in [-0.25, -0.2) is 0 Å². The summed E-state index contributed by atoms with van der Waals surface area (Å²) in [6.45, 7) is 6.21. The van der Waals surface area contributed by atoms with E-state index in [0.717, 1.165) is 17.6 Å². The molecule has 0 saturated carbocycles. The Morgan fingerprint density at radius 2 is 2.27 bits per heavy atom. The van der Waals surface area contributed by atoms with Crippen molar-refractivity contribution in [3.8, 4) is 0 Å². The van der Waals surface area contributed by atoms with E-state index in [1.54, 1.807) is 0 Å². The second-order valence-corrected chi connectivity index (χ2v) is 4.79. The van der Waals surface area contributed by atoms with Crippen LogP contribution in [0, 0.1) is 5.41 Å². The third kappa shape index (κ3) is 2.69. The molecule has 1 aliphatic carbocycles. The summed E-state index contributed by atoms with van der Waals surface area (Å²) in [6.07, 6.45) is 5.07. The highest BCUT2D eigenvalue weighted by Gasteiger charge is 2.30. The van der Waals surface area contributed by atoms with Crippen LogP contribution in [0.2, 0.25) is 0 Å². The van der Waals surface area contributed by atoms with Gasteiger partial charge >= 0.3 is 5.97 Å². The van der Waals surface area contributed by atoms with Crippen molar-refractivity contribution in [2.75, 3.05) is 0 Å². The number of carbonyl (C=O) groups is 1. The predicted molar refractivity (Wildman–Crippen MR) is 60.5 cm³/mol. The quantitative estimate of drug-likeness (QED) is 0.748.